The summed E-state index contributed by atoms with van der Waals surface area (Å²) in [5.74, 6) is 0. The highest BCUT2D eigenvalue weighted by Crippen LogP contribution is 1.63. The van der Waals surface area contributed by atoms with Crippen LogP contribution in [-0.4, -0.2) is 52.0 Å². The minimum atomic E-state index is -0.263. The average molecular weight is 204 g/mol. The van der Waals surface area contributed by atoms with E-state index < -0.39 is 0 Å². The molecule has 0 rings (SSSR count). The van der Waals surface area contributed by atoms with Crippen molar-refractivity contribution in [2.24, 2.45) is 17.2 Å². The van der Waals surface area contributed by atoms with Crippen LogP contribution in [0.25, 0.3) is 0 Å². The zero-order valence-corrected chi connectivity index (χ0v) is 8.76. The lowest BCUT2D eigenvalue weighted by atomic mass is 10.5. The van der Waals surface area contributed by atoms with E-state index in [1.165, 1.54) is 0 Å². The number of hydrogen-bond acceptors (Lipinski definition) is 6. The van der Waals surface area contributed by atoms with E-state index in [2.05, 4.69) is 16.0 Å². The Morgan fingerprint density at radius 1 is 0.786 bits per heavy atom. The van der Waals surface area contributed by atoms with E-state index in [9.17, 15) is 0 Å². The molecule has 0 bridgehead atoms. The molecule has 0 aromatic carbocycles. The van der Waals surface area contributed by atoms with Crippen LogP contribution in [0.3, 0.4) is 0 Å². The van der Waals surface area contributed by atoms with Crippen molar-refractivity contribution in [3.63, 3.8) is 0 Å². The SMILES string of the molecule is NCCNCCNCCNCC(N)N. The zero-order valence-electron chi connectivity index (χ0n) is 8.76. The normalized spacial score (nSPS) is 11.1. The predicted molar refractivity (Wildman–Crippen MR) is 59.8 cm³/mol. The second-order valence-corrected chi connectivity index (χ2v) is 3.16. The van der Waals surface area contributed by atoms with Crippen LogP contribution >= 0.6 is 0 Å². The average Bonchev–Trinajstić information content (AvgIpc) is 2.15. The van der Waals surface area contributed by atoms with E-state index in [1.807, 2.05) is 0 Å². The molecule has 9 N–H and O–H groups in total. The molecule has 0 aliphatic heterocycles. The molecule has 86 valence electrons. The highest BCUT2D eigenvalue weighted by Gasteiger charge is 1.91. The molecule has 14 heavy (non-hydrogen) atoms. The molecule has 0 radical (unpaired) electrons. The molecule has 0 aromatic heterocycles. The quantitative estimate of drug-likeness (QED) is 0.166. The molecule has 0 unspecified atom stereocenters. The van der Waals surface area contributed by atoms with Crippen molar-refractivity contribution in [2.75, 3.05) is 45.8 Å². The fraction of sp³-hybridized carbons (Fsp3) is 1.00. The number of nitrogens with two attached hydrogens (primary N) is 3. The van der Waals surface area contributed by atoms with Crippen molar-refractivity contribution >= 4 is 0 Å². The van der Waals surface area contributed by atoms with Crippen LogP contribution in [0.1, 0.15) is 0 Å². The van der Waals surface area contributed by atoms with Crippen LogP contribution in [0.2, 0.25) is 0 Å². The van der Waals surface area contributed by atoms with E-state index in [0.717, 1.165) is 32.7 Å². The monoisotopic (exact) mass is 204 g/mol. The van der Waals surface area contributed by atoms with Crippen LogP contribution in [0.15, 0.2) is 0 Å². The second kappa shape index (κ2) is 10.8. The first-order valence-corrected chi connectivity index (χ1v) is 5.10. The van der Waals surface area contributed by atoms with Crippen molar-refractivity contribution in [1.82, 2.24) is 16.0 Å². The Morgan fingerprint density at radius 3 is 1.79 bits per heavy atom. The first-order valence-electron chi connectivity index (χ1n) is 5.10. The summed E-state index contributed by atoms with van der Waals surface area (Å²) >= 11 is 0. The smallest absolute Gasteiger partial charge is 0.0649 e. The Balaban J connectivity index is 2.85. The van der Waals surface area contributed by atoms with Gasteiger partial charge in [-0.2, -0.15) is 0 Å². The first-order chi connectivity index (χ1) is 6.77. The van der Waals surface area contributed by atoms with Gasteiger partial charge in [0.1, 0.15) is 0 Å². The third-order valence-electron chi connectivity index (χ3n) is 1.66. The van der Waals surface area contributed by atoms with E-state index in [0.29, 0.717) is 13.1 Å². The topological polar surface area (TPSA) is 114 Å². The van der Waals surface area contributed by atoms with Gasteiger partial charge in [0.2, 0.25) is 0 Å². The summed E-state index contributed by atoms with van der Waals surface area (Å²) < 4.78 is 0. The molecule has 0 heterocycles. The Morgan fingerprint density at radius 2 is 1.29 bits per heavy atom. The van der Waals surface area contributed by atoms with Gasteiger partial charge in [-0.3, -0.25) is 0 Å². The summed E-state index contributed by atoms with van der Waals surface area (Å²) in [6.45, 7) is 5.95. The zero-order chi connectivity index (χ0) is 10.6. The summed E-state index contributed by atoms with van der Waals surface area (Å²) in [6.07, 6.45) is -0.263. The van der Waals surface area contributed by atoms with Gasteiger partial charge in [-0.05, 0) is 0 Å². The minimum absolute atomic E-state index is 0.263. The maximum Gasteiger partial charge on any atom is 0.0649 e. The number of hydrogen-bond donors (Lipinski definition) is 6. The molecule has 0 aliphatic rings. The largest absolute Gasteiger partial charge is 0.329 e. The highest BCUT2D eigenvalue weighted by molar-refractivity contribution is 4.58. The molecule has 0 aliphatic carbocycles. The van der Waals surface area contributed by atoms with Crippen LogP contribution in [0.5, 0.6) is 0 Å². The first kappa shape index (κ1) is 13.8. The third-order valence-corrected chi connectivity index (χ3v) is 1.66. The lowest BCUT2D eigenvalue weighted by Gasteiger charge is -2.08. The van der Waals surface area contributed by atoms with Crippen molar-refractivity contribution in [2.45, 2.75) is 6.17 Å². The number of nitrogens with one attached hydrogen (secondary N) is 3. The summed E-state index contributed by atoms with van der Waals surface area (Å²) in [6, 6.07) is 0. The molecule has 0 aromatic rings. The van der Waals surface area contributed by atoms with E-state index in [4.69, 9.17) is 17.2 Å². The van der Waals surface area contributed by atoms with Gasteiger partial charge in [-0.1, -0.05) is 0 Å². The van der Waals surface area contributed by atoms with E-state index in [-0.39, 0.29) is 6.17 Å². The van der Waals surface area contributed by atoms with Crippen molar-refractivity contribution < 1.29 is 0 Å². The molecule has 6 nitrogen and oxygen atoms in total. The van der Waals surface area contributed by atoms with E-state index in [1.54, 1.807) is 0 Å². The Hall–Kier alpha value is -0.240. The summed E-state index contributed by atoms with van der Waals surface area (Å²) in [7, 11) is 0. The van der Waals surface area contributed by atoms with Gasteiger partial charge in [0.05, 0.1) is 6.17 Å². The molecule has 0 saturated heterocycles. The van der Waals surface area contributed by atoms with Gasteiger partial charge < -0.3 is 33.2 Å². The maximum atomic E-state index is 5.36. The molecule has 0 spiro atoms. The van der Waals surface area contributed by atoms with Gasteiger partial charge in [0.15, 0.2) is 0 Å². The predicted octanol–water partition coefficient (Wildman–Crippen LogP) is -3.04. The Labute approximate surface area is 86.0 Å². The van der Waals surface area contributed by atoms with Crippen molar-refractivity contribution in [1.29, 1.82) is 0 Å². The van der Waals surface area contributed by atoms with Gasteiger partial charge in [-0.25, -0.2) is 0 Å². The lowest BCUT2D eigenvalue weighted by Crippen LogP contribution is -2.43. The van der Waals surface area contributed by atoms with Gasteiger partial charge in [0.25, 0.3) is 0 Å². The van der Waals surface area contributed by atoms with Crippen LogP contribution in [0, 0.1) is 0 Å². The molecular weight excluding hydrogens is 180 g/mol. The van der Waals surface area contributed by atoms with Crippen LogP contribution in [-0.2, 0) is 0 Å². The summed E-state index contributed by atoms with van der Waals surface area (Å²) in [4.78, 5) is 0. The third kappa shape index (κ3) is 11.8. The van der Waals surface area contributed by atoms with Crippen molar-refractivity contribution in [3.8, 4) is 0 Å². The number of rotatable bonds is 10. The van der Waals surface area contributed by atoms with Crippen LogP contribution < -0.4 is 33.2 Å². The molecular formula is C8H24N6. The maximum absolute atomic E-state index is 5.36. The van der Waals surface area contributed by atoms with Crippen LogP contribution in [0.4, 0.5) is 0 Å². The Bertz CT molecular complexity index is 108. The molecule has 0 amide bonds. The second-order valence-electron chi connectivity index (χ2n) is 3.16. The molecule has 0 saturated carbocycles. The lowest BCUT2D eigenvalue weighted by molar-refractivity contribution is 0.554. The van der Waals surface area contributed by atoms with Crippen molar-refractivity contribution in [3.05, 3.63) is 0 Å². The summed E-state index contributed by atoms with van der Waals surface area (Å²) in [5, 5.41) is 9.60. The summed E-state index contributed by atoms with van der Waals surface area (Å²) in [5.41, 5.74) is 16.0. The van der Waals surface area contributed by atoms with Gasteiger partial charge >= 0.3 is 0 Å². The Kier molecular flexibility index (Phi) is 10.7. The van der Waals surface area contributed by atoms with Gasteiger partial charge in [0, 0.05) is 45.8 Å². The fourth-order valence-electron chi connectivity index (χ4n) is 0.974. The molecule has 0 fully saturated rings. The molecule has 6 heteroatoms. The fourth-order valence-corrected chi connectivity index (χ4v) is 0.974. The highest BCUT2D eigenvalue weighted by atomic mass is 15.0. The minimum Gasteiger partial charge on any atom is -0.329 e. The molecule has 0 atom stereocenters. The standard InChI is InChI=1S/C8H24N6/c9-1-2-12-3-4-13-5-6-14-7-8(10)11/h8,12-14H,1-7,9-11H2. The van der Waals surface area contributed by atoms with Gasteiger partial charge in [-0.15, -0.1) is 0 Å². The van der Waals surface area contributed by atoms with E-state index >= 15 is 0 Å².